The molecule has 31 heavy (non-hydrogen) atoms. The summed E-state index contributed by atoms with van der Waals surface area (Å²) in [4.78, 5) is 24.9. The van der Waals surface area contributed by atoms with Crippen molar-refractivity contribution in [3.63, 3.8) is 0 Å². The van der Waals surface area contributed by atoms with E-state index in [1.807, 2.05) is 31.3 Å². The molecule has 8 heteroatoms. The lowest BCUT2D eigenvalue weighted by Gasteiger charge is -2.18. The fourth-order valence-corrected chi connectivity index (χ4v) is 5.39. The van der Waals surface area contributed by atoms with E-state index >= 15 is 0 Å². The van der Waals surface area contributed by atoms with Crippen molar-refractivity contribution in [1.29, 1.82) is 0 Å². The molecule has 0 saturated heterocycles. The zero-order valence-electron chi connectivity index (χ0n) is 17.4. The number of nitrogens with zero attached hydrogens (tertiary/aromatic N) is 5. The molecule has 0 aliphatic heterocycles. The second-order valence-corrected chi connectivity index (χ2v) is 9.76. The first kappa shape index (κ1) is 20.3. The van der Waals surface area contributed by atoms with Crippen LogP contribution in [-0.4, -0.2) is 30.7 Å². The standard InChI is InChI=1S/C23H22ClN5OS/c1-3-23(6-7-23)20-16(13-25-22-21(20)28-14(2)31-22)12-17(30)10-15-4-5-19(18(24)11-15)29-26-8-9-27-29/h4-5,8-9,11,13H,3,6-7,10,12H2,1-2H3. The van der Waals surface area contributed by atoms with E-state index in [1.54, 1.807) is 23.7 Å². The lowest BCUT2D eigenvalue weighted by molar-refractivity contribution is -0.117. The van der Waals surface area contributed by atoms with Crippen molar-refractivity contribution in [3.8, 4) is 5.69 Å². The lowest BCUT2D eigenvalue weighted by Crippen LogP contribution is -2.15. The van der Waals surface area contributed by atoms with Gasteiger partial charge < -0.3 is 0 Å². The molecule has 158 valence electrons. The molecule has 6 nitrogen and oxygen atoms in total. The summed E-state index contributed by atoms with van der Waals surface area (Å²) in [6, 6.07) is 5.57. The Labute approximate surface area is 189 Å². The van der Waals surface area contributed by atoms with Crippen LogP contribution in [0.5, 0.6) is 0 Å². The third-order valence-electron chi connectivity index (χ3n) is 6.11. The number of Topliss-reactive ketones (excluding diaryl/α,β-unsaturated/α-hetero) is 1. The number of fused-ring (bicyclic) bond motifs is 1. The summed E-state index contributed by atoms with van der Waals surface area (Å²) in [5.41, 5.74) is 4.98. The molecule has 1 aromatic carbocycles. The second kappa shape index (κ2) is 7.80. The van der Waals surface area contributed by atoms with Crippen LogP contribution in [0.25, 0.3) is 16.0 Å². The fraction of sp³-hybridized carbons (Fsp3) is 0.348. The van der Waals surface area contributed by atoms with Gasteiger partial charge in [0.05, 0.1) is 22.4 Å². The molecule has 0 spiro atoms. The summed E-state index contributed by atoms with van der Waals surface area (Å²) in [6.45, 7) is 4.24. The molecule has 1 fully saturated rings. The van der Waals surface area contributed by atoms with Gasteiger partial charge >= 0.3 is 0 Å². The predicted octanol–water partition coefficient (Wildman–Crippen LogP) is 5.03. The molecule has 5 rings (SSSR count). The molecule has 0 radical (unpaired) electrons. The largest absolute Gasteiger partial charge is 0.299 e. The Morgan fingerprint density at radius 3 is 2.68 bits per heavy atom. The summed E-state index contributed by atoms with van der Waals surface area (Å²) in [7, 11) is 0. The molecule has 0 bridgehead atoms. The molecule has 1 aliphatic rings. The third-order valence-corrected chi connectivity index (χ3v) is 7.29. The summed E-state index contributed by atoms with van der Waals surface area (Å²) < 4.78 is 0. The molecule has 0 N–H and O–H groups in total. The Hall–Kier alpha value is -2.64. The average molecular weight is 452 g/mol. The average Bonchev–Trinajstić information content (AvgIpc) is 3.14. The number of aromatic nitrogens is 5. The summed E-state index contributed by atoms with van der Waals surface area (Å²) >= 11 is 8.03. The van der Waals surface area contributed by atoms with Gasteiger partial charge in [-0.2, -0.15) is 15.0 Å². The molecule has 1 saturated carbocycles. The minimum Gasteiger partial charge on any atom is -0.299 e. The van der Waals surface area contributed by atoms with Crippen molar-refractivity contribution in [1.82, 2.24) is 25.0 Å². The Balaban J connectivity index is 1.41. The fourth-order valence-electron chi connectivity index (χ4n) is 4.34. The van der Waals surface area contributed by atoms with Crippen molar-refractivity contribution in [2.45, 2.75) is 51.4 Å². The van der Waals surface area contributed by atoms with Crippen molar-refractivity contribution >= 4 is 39.1 Å². The van der Waals surface area contributed by atoms with Crippen LogP contribution in [0, 0.1) is 6.92 Å². The van der Waals surface area contributed by atoms with Gasteiger partial charge in [-0.15, -0.1) is 0 Å². The van der Waals surface area contributed by atoms with Crippen LogP contribution >= 0.6 is 22.9 Å². The Kier molecular flexibility index (Phi) is 5.10. The van der Waals surface area contributed by atoms with E-state index in [0.29, 0.717) is 23.6 Å². The van der Waals surface area contributed by atoms with Gasteiger partial charge in [-0.05, 0) is 60.4 Å². The van der Waals surface area contributed by atoms with Gasteiger partial charge in [0.25, 0.3) is 0 Å². The minimum atomic E-state index is 0.141. The van der Waals surface area contributed by atoms with Gasteiger partial charge in [0.15, 0.2) is 0 Å². The minimum absolute atomic E-state index is 0.141. The van der Waals surface area contributed by atoms with Crippen molar-refractivity contribution in [2.75, 3.05) is 0 Å². The second-order valence-electron chi connectivity index (χ2n) is 8.18. The number of ketones is 1. The first-order chi connectivity index (χ1) is 15.0. The number of halogens is 1. The highest BCUT2D eigenvalue weighted by Crippen LogP contribution is 2.54. The predicted molar refractivity (Wildman–Crippen MR) is 122 cm³/mol. The zero-order chi connectivity index (χ0) is 21.6. The zero-order valence-corrected chi connectivity index (χ0v) is 19.0. The highest BCUT2D eigenvalue weighted by atomic mass is 35.5. The topological polar surface area (TPSA) is 73.6 Å². The maximum Gasteiger partial charge on any atom is 0.143 e. The third kappa shape index (κ3) is 3.77. The summed E-state index contributed by atoms with van der Waals surface area (Å²) in [5.74, 6) is 0.141. The van der Waals surface area contributed by atoms with E-state index < -0.39 is 0 Å². The van der Waals surface area contributed by atoms with Crippen LogP contribution in [-0.2, 0) is 23.1 Å². The van der Waals surface area contributed by atoms with E-state index in [9.17, 15) is 4.79 Å². The number of carbonyl (C=O) groups excluding carboxylic acids is 1. The quantitative estimate of drug-likeness (QED) is 0.394. The summed E-state index contributed by atoms with van der Waals surface area (Å²) in [6.07, 6.45) is 9.13. The van der Waals surface area contributed by atoms with Gasteiger partial charge in [-0.3, -0.25) is 4.79 Å². The number of hydrogen-bond acceptors (Lipinski definition) is 6. The van der Waals surface area contributed by atoms with Crippen LogP contribution in [0.2, 0.25) is 5.02 Å². The van der Waals surface area contributed by atoms with Crippen LogP contribution in [0.4, 0.5) is 0 Å². The molecular formula is C23H22ClN5OS. The maximum atomic E-state index is 13.0. The number of thiazole rings is 1. The van der Waals surface area contributed by atoms with Gasteiger partial charge in [-0.25, -0.2) is 9.97 Å². The monoisotopic (exact) mass is 451 g/mol. The highest BCUT2D eigenvalue weighted by molar-refractivity contribution is 7.18. The molecule has 3 aromatic heterocycles. The molecule has 4 aromatic rings. The van der Waals surface area contributed by atoms with Crippen molar-refractivity contribution in [2.24, 2.45) is 0 Å². The number of carbonyl (C=O) groups is 1. The highest BCUT2D eigenvalue weighted by Gasteiger charge is 2.45. The van der Waals surface area contributed by atoms with Gasteiger partial charge in [-0.1, -0.05) is 35.9 Å². The van der Waals surface area contributed by atoms with Crippen LogP contribution in [0.3, 0.4) is 0 Å². The van der Waals surface area contributed by atoms with Crippen LogP contribution < -0.4 is 0 Å². The molecule has 3 heterocycles. The van der Waals surface area contributed by atoms with E-state index in [-0.39, 0.29) is 11.2 Å². The van der Waals surface area contributed by atoms with Gasteiger partial charge in [0.2, 0.25) is 0 Å². The molecule has 0 atom stereocenters. The summed E-state index contributed by atoms with van der Waals surface area (Å²) in [5, 5.41) is 9.75. The Bertz CT molecular complexity index is 1280. The van der Waals surface area contributed by atoms with E-state index in [0.717, 1.165) is 45.7 Å². The number of rotatable bonds is 7. The molecule has 0 unspecified atom stereocenters. The van der Waals surface area contributed by atoms with E-state index in [4.69, 9.17) is 16.6 Å². The first-order valence-electron chi connectivity index (χ1n) is 10.4. The number of pyridine rings is 1. The maximum absolute atomic E-state index is 13.0. The van der Waals surface area contributed by atoms with E-state index in [2.05, 4.69) is 22.1 Å². The smallest absolute Gasteiger partial charge is 0.143 e. The number of benzene rings is 1. The van der Waals surface area contributed by atoms with Crippen molar-refractivity contribution in [3.05, 3.63) is 63.5 Å². The number of aryl methyl sites for hydroxylation is 1. The van der Waals surface area contributed by atoms with E-state index in [1.165, 1.54) is 10.4 Å². The van der Waals surface area contributed by atoms with Crippen molar-refractivity contribution < 1.29 is 4.79 Å². The number of hydrogen-bond donors (Lipinski definition) is 0. The van der Waals surface area contributed by atoms with Gasteiger partial charge in [0, 0.05) is 19.0 Å². The Morgan fingerprint density at radius 2 is 2.00 bits per heavy atom. The SMILES string of the molecule is CCC1(c2c(CC(=O)Cc3ccc(-n4nccn4)c(Cl)c3)cnc3sc(C)nc23)CC1. The Morgan fingerprint density at radius 1 is 1.23 bits per heavy atom. The first-order valence-corrected chi connectivity index (χ1v) is 11.6. The molecule has 1 aliphatic carbocycles. The molecule has 0 amide bonds. The van der Waals surface area contributed by atoms with Crippen LogP contribution in [0.15, 0.2) is 36.8 Å². The molecular weight excluding hydrogens is 430 g/mol. The lowest BCUT2D eigenvalue weighted by atomic mass is 9.87. The van der Waals surface area contributed by atoms with Crippen LogP contribution in [0.1, 0.15) is 47.9 Å². The normalized spacial score (nSPS) is 14.8. The van der Waals surface area contributed by atoms with Gasteiger partial charge in [0.1, 0.15) is 21.8 Å².